The van der Waals surface area contributed by atoms with Gasteiger partial charge in [0.25, 0.3) is 5.56 Å². The minimum absolute atomic E-state index is 0.0450. The number of hydrogen-bond acceptors (Lipinski definition) is 7. The Kier molecular flexibility index (Phi) is 4.60. The van der Waals surface area contributed by atoms with Gasteiger partial charge in [0.15, 0.2) is 5.82 Å². The predicted octanol–water partition coefficient (Wildman–Crippen LogP) is -0.432. The van der Waals surface area contributed by atoms with Crippen molar-refractivity contribution < 1.29 is 4.79 Å². The quantitative estimate of drug-likeness (QED) is 0.617. The third kappa shape index (κ3) is 3.68. The summed E-state index contributed by atoms with van der Waals surface area (Å²) >= 11 is 0. The minimum atomic E-state index is -0.281. The number of anilines is 1. The molecule has 0 spiro atoms. The van der Waals surface area contributed by atoms with Gasteiger partial charge in [-0.05, 0) is 12.1 Å². The van der Waals surface area contributed by atoms with Gasteiger partial charge in [0, 0.05) is 56.9 Å². The summed E-state index contributed by atoms with van der Waals surface area (Å²) in [7, 11) is 0. The van der Waals surface area contributed by atoms with Gasteiger partial charge in [-0.3, -0.25) is 9.59 Å². The molecule has 1 amide bonds. The average molecular weight is 366 g/mol. The van der Waals surface area contributed by atoms with E-state index in [1.807, 2.05) is 18.3 Å². The summed E-state index contributed by atoms with van der Waals surface area (Å²) in [6.45, 7) is 2.37. The van der Waals surface area contributed by atoms with Gasteiger partial charge in [0.1, 0.15) is 18.7 Å². The maximum Gasteiger partial charge on any atom is 0.267 e. The van der Waals surface area contributed by atoms with Crippen LogP contribution in [0.25, 0.3) is 5.82 Å². The number of carbonyl (C=O) groups is 1. The van der Waals surface area contributed by atoms with Crippen LogP contribution in [0.5, 0.6) is 0 Å². The topological polar surface area (TPSA) is 102 Å². The van der Waals surface area contributed by atoms with Crippen molar-refractivity contribution in [1.29, 1.82) is 0 Å². The van der Waals surface area contributed by atoms with Crippen LogP contribution in [0.4, 0.5) is 5.82 Å². The Morgan fingerprint density at radius 3 is 2.52 bits per heavy atom. The highest BCUT2D eigenvalue weighted by molar-refractivity contribution is 5.76. The number of amides is 1. The van der Waals surface area contributed by atoms with Crippen molar-refractivity contribution in [3.8, 4) is 5.82 Å². The summed E-state index contributed by atoms with van der Waals surface area (Å²) in [5.41, 5.74) is -0.281. The summed E-state index contributed by atoms with van der Waals surface area (Å²) in [6.07, 6.45) is 6.53. The molecule has 27 heavy (non-hydrogen) atoms. The van der Waals surface area contributed by atoms with Gasteiger partial charge in [0.2, 0.25) is 5.91 Å². The summed E-state index contributed by atoms with van der Waals surface area (Å²) in [4.78, 5) is 36.6. The molecular formula is C17H18N8O2. The third-order valence-electron chi connectivity index (χ3n) is 4.40. The zero-order valence-electron chi connectivity index (χ0n) is 14.5. The lowest BCUT2D eigenvalue weighted by Gasteiger charge is -2.35. The van der Waals surface area contributed by atoms with Gasteiger partial charge < -0.3 is 9.80 Å². The van der Waals surface area contributed by atoms with Gasteiger partial charge in [-0.2, -0.15) is 10.2 Å². The standard InChI is InChI=1S/C17H18N8O2/c26-16-3-1-4-21-25(16)12-17(27)23-9-7-22(8-10-23)14-11-15(19-13-18-14)24-6-2-5-20-24/h1-6,11,13H,7-10,12H2. The molecule has 0 aromatic carbocycles. The van der Waals surface area contributed by atoms with E-state index in [0.717, 1.165) is 5.82 Å². The van der Waals surface area contributed by atoms with Crippen molar-refractivity contribution in [2.45, 2.75) is 6.54 Å². The van der Waals surface area contributed by atoms with Crippen molar-refractivity contribution >= 4 is 11.7 Å². The lowest BCUT2D eigenvalue weighted by molar-refractivity contribution is -0.132. The van der Waals surface area contributed by atoms with E-state index in [0.29, 0.717) is 32.0 Å². The molecule has 1 aliphatic heterocycles. The monoisotopic (exact) mass is 366 g/mol. The Morgan fingerprint density at radius 1 is 1.00 bits per heavy atom. The van der Waals surface area contributed by atoms with Crippen LogP contribution in [0.1, 0.15) is 0 Å². The lowest BCUT2D eigenvalue weighted by Crippen LogP contribution is -2.50. The molecule has 1 aliphatic rings. The van der Waals surface area contributed by atoms with Gasteiger partial charge in [-0.15, -0.1) is 0 Å². The van der Waals surface area contributed by atoms with Crippen molar-refractivity contribution in [2.24, 2.45) is 0 Å². The molecule has 0 bridgehead atoms. The zero-order chi connectivity index (χ0) is 18.6. The molecule has 3 aromatic rings. The van der Waals surface area contributed by atoms with E-state index in [4.69, 9.17) is 0 Å². The second-order valence-electron chi connectivity index (χ2n) is 6.07. The second-order valence-corrected chi connectivity index (χ2v) is 6.07. The summed E-state index contributed by atoms with van der Waals surface area (Å²) in [5, 5.41) is 8.11. The molecule has 0 aliphatic carbocycles. The maximum atomic E-state index is 12.4. The van der Waals surface area contributed by atoms with Crippen LogP contribution in [0, 0.1) is 0 Å². The molecule has 0 radical (unpaired) electrons. The highest BCUT2D eigenvalue weighted by Gasteiger charge is 2.22. The maximum absolute atomic E-state index is 12.4. The Bertz CT molecular complexity index is 976. The molecule has 0 unspecified atom stereocenters. The first-order valence-corrected chi connectivity index (χ1v) is 8.57. The molecule has 1 fully saturated rings. The van der Waals surface area contributed by atoms with Crippen molar-refractivity contribution in [2.75, 3.05) is 31.1 Å². The Labute approximate surface area is 154 Å². The minimum Gasteiger partial charge on any atom is -0.353 e. The zero-order valence-corrected chi connectivity index (χ0v) is 14.5. The van der Waals surface area contributed by atoms with Crippen LogP contribution in [-0.2, 0) is 11.3 Å². The molecule has 0 atom stereocenters. The SMILES string of the molecule is O=C(Cn1ncccc1=O)N1CCN(c2cc(-n3cccn3)ncn2)CC1. The molecule has 138 valence electrons. The number of piperazine rings is 1. The van der Waals surface area contributed by atoms with Crippen LogP contribution in [-0.4, -0.2) is 66.5 Å². The Balaban J connectivity index is 1.39. The fourth-order valence-corrected chi connectivity index (χ4v) is 2.96. The first-order chi connectivity index (χ1) is 13.2. The Morgan fingerprint density at radius 2 is 1.78 bits per heavy atom. The predicted molar refractivity (Wildman–Crippen MR) is 96.4 cm³/mol. The number of nitrogens with zero attached hydrogens (tertiary/aromatic N) is 8. The molecule has 1 saturated heterocycles. The summed E-state index contributed by atoms with van der Waals surface area (Å²) in [5.74, 6) is 1.37. The average Bonchev–Trinajstić information content (AvgIpc) is 3.25. The van der Waals surface area contributed by atoms with E-state index in [9.17, 15) is 9.59 Å². The van der Waals surface area contributed by atoms with E-state index in [1.54, 1.807) is 21.8 Å². The van der Waals surface area contributed by atoms with Crippen LogP contribution in [0.3, 0.4) is 0 Å². The van der Waals surface area contributed by atoms with Crippen molar-refractivity contribution in [1.82, 2.24) is 34.4 Å². The van der Waals surface area contributed by atoms with Gasteiger partial charge in [0.05, 0.1) is 0 Å². The van der Waals surface area contributed by atoms with Crippen LogP contribution < -0.4 is 10.5 Å². The van der Waals surface area contributed by atoms with Crippen molar-refractivity contribution in [3.63, 3.8) is 0 Å². The second kappa shape index (κ2) is 7.36. The number of carbonyl (C=O) groups excluding carboxylic acids is 1. The van der Waals surface area contributed by atoms with E-state index in [2.05, 4.69) is 25.1 Å². The van der Waals surface area contributed by atoms with Crippen LogP contribution in [0.15, 0.2) is 54.0 Å². The lowest BCUT2D eigenvalue weighted by atomic mass is 10.3. The summed E-state index contributed by atoms with van der Waals surface area (Å²) in [6, 6.07) is 6.66. The number of hydrogen-bond donors (Lipinski definition) is 0. The van der Waals surface area contributed by atoms with Crippen LogP contribution >= 0.6 is 0 Å². The molecule has 0 N–H and O–H groups in total. The van der Waals surface area contributed by atoms with Crippen molar-refractivity contribution in [3.05, 3.63) is 59.5 Å². The van der Waals surface area contributed by atoms with E-state index >= 15 is 0 Å². The highest BCUT2D eigenvalue weighted by Crippen LogP contribution is 2.15. The summed E-state index contributed by atoms with van der Waals surface area (Å²) < 4.78 is 2.85. The van der Waals surface area contributed by atoms with E-state index < -0.39 is 0 Å². The molecule has 3 aromatic heterocycles. The van der Waals surface area contributed by atoms with E-state index in [1.165, 1.54) is 23.3 Å². The molecule has 10 nitrogen and oxygen atoms in total. The number of rotatable bonds is 4. The fraction of sp³-hybridized carbons (Fsp3) is 0.294. The smallest absolute Gasteiger partial charge is 0.267 e. The largest absolute Gasteiger partial charge is 0.353 e. The molecule has 4 heterocycles. The van der Waals surface area contributed by atoms with Crippen LogP contribution in [0.2, 0.25) is 0 Å². The Hall–Kier alpha value is -3.56. The molecule has 4 rings (SSSR count). The first kappa shape index (κ1) is 16.9. The first-order valence-electron chi connectivity index (χ1n) is 8.57. The highest BCUT2D eigenvalue weighted by atomic mass is 16.2. The van der Waals surface area contributed by atoms with Gasteiger partial charge >= 0.3 is 0 Å². The fourth-order valence-electron chi connectivity index (χ4n) is 2.96. The molecule has 10 heteroatoms. The van der Waals surface area contributed by atoms with Gasteiger partial charge in [-0.25, -0.2) is 19.3 Å². The molecular weight excluding hydrogens is 348 g/mol. The van der Waals surface area contributed by atoms with Gasteiger partial charge in [-0.1, -0.05) is 0 Å². The van der Waals surface area contributed by atoms with E-state index in [-0.39, 0.29) is 18.0 Å². The normalized spacial score (nSPS) is 14.4. The number of aromatic nitrogens is 6. The third-order valence-corrected chi connectivity index (χ3v) is 4.40. The molecule has 0 saturated carbocycles.